The number of aryl methyl sites for hydroxylation is 1. The first kappa shape index (κ1) is 13.4. The van der Waals surface area contributed by atoms with Crippen molar-refractivity contribution in [3.63, 3.8) is 0 Å². The van der Waals surface area contributed by atoms with E-state index < -0.39 is 0 Å². The van der Waals surface area contributed by atoms with Crippen LogP contribution >= 0.6 is 11.6 Å². The van der Waals surface area contributed by atoms with Crippen molar-refractivity contribution >= 4 is 28.9 Å². The summed E-state index contributed by atoms with van der Waals surface area (Å²) in [5, 5.41) is 3.33. The quantitative estimate of drug-likeness (QED) is 0.838. The van der Waals surface area contributed by atoms with Gasteiger partial charge in [0.25, 0.3) is 5.91 Å². The van der Waals surface area contributed by atoms with Gasteiger partial charge in [0.2, 0.25) is 0 Å². The number of anilines is 2. The van der Waals surface area contributed by atoms with Crippen LogP contribution in [0, 0.1) is 0 Å². The highest BCUT2D eigenvalue weighted by molar-refractivity contribution is 6.31. The van der Waals surface area contributed by atoms with E-state index in [1.165, 1.54) is 0 Å². The fraction of sp³-hybridized carbons (Fsp3) is 0.133. The number of carbonyl (C=O) groups excluding carboxylic acids is 1. The molecule has 0 aromatic heterocycles. The summed E-state index contributed by atoms with van der Waals surface area (Å²) in [6.07, 6.45) is 0.800. The minimum Gasteiger partial charge on any atom is -0.397 e. The maximum absolute atomic E-state index is 12.2. The molecule has 98 valence electrons. The van der Waals surface area contributed by atoms with Crippen molar-refractivity contribution < 1.29 is 4.79 Å². The van der Waals surface area contributed by atoms with Gasteiger partial charge in [0.15, 0.2) is 0 Å². The monoisotopic (exact) mass is 274 g/mol. The average Bonchev–Trinajstić information content (AvgIpc) is 2.42. The Kier molecular flexibility index (Phi) is 4.07. The predicted octanol–water partition coefficient (Wildman–Crippen LogP) is 3.74. The van der Waals surface area contributed by atoms with Crippen molar-refractivity contribution in [1.82, 2.24) is 0 Å². The molecule has 0 spiro atoms. The Labute approximate surface area is 117 Å². The van der Waals surface area contributed by atoms with Gasteiger partial charge in [-0.3, -0.25) is 4.79 Å². The van der Waals surface area contributed by atoms with E-state index in [0.717, 1.165) is 12.0 Å². The SMILES string of the molecule is CCc1ccccc1C(=O)Nc1cc(Cl)ccc1N. The summed E-state index contributed by atoms with van der Waals surface area (Å²) in [5.74, 6) is -0.175. The number of hydrogen-bond donors (Lipinski definition) is 2. The molecular weight excluding hydrogens is 260 g/mol. The first-order valence-electron chi connectivity index (χ1n) is 6.06. The number of carbonyl (C=O) groups is 1. The molecule has 2 aromatic rings. The minimum absolute atomic E-state index is 0.175. The molecule has 1 amide bonds. The fourth-order valence-electron chi connectivity index (χ4n) is 1.88. The molecule has 0 aliphatic carbocycles. The Hall–Kier alpha value is -2.00. The van der Waals surface area contributed by atoms with Crippen LogP contribution in [-0.2, 0) is 6.42 Å². The Morgan fingerprint density at radius 3 is 2.74 bits per heavy atom. The van der Waals surface area contributed by atoms with Crippen molar-refractivity contribution in [1.29, 1.82) is 0 Å². The van der Waals surface area contributed by atoms with Crippen molar-refractivity contribution in [2.75, 3.05) is 11.1 Å². The van der Waals surface area contributed by atoms with E-state index in [1.54, 1.807) is 24.3 Å². The maximum atomic E-state index is 12.2. The highest BCUT2D eigenvalue weighted by Crippen LogP contribution is 2.24. The van der Waals surface area contributed by atoms with E-state index in [4.69, 9.17) is 17.3 Å². The van der Waals surface area contributed by atoms with Gasteiger partial charge in [-0.25, -0.2) is 0 Å². The molecule has 0 aliphatic heterocycles. The standard InChI is InChI=1S/C15H15ClN2O/c1-2-10-5-3-4-6-12(10)15(19)18-14-9-11(16)7-8-13(14)17/h3-9H,2,17H2,1H3,(H,18,19). The summed E-state index contributed by atoms with van der Waals surface area (Å²) in [7, 11) is 0. The van der Waals surface area contributed by atoms with Crippen LogP contribution in [0.3, 0.4) is 0 Å². The molecule has 0 aliphatic rings. The molecule has 0 heterocycles. The van der Waals surface area contributed by atoms with Crippen LogP contribution in [0.1, 0.15) is 22.8 Å². The first-order valence-corrected chi connectivity index (χ1v) is 6.44. The van der Waals surface area contributed by atoms with Gasteiger partial charge in [0.05, 0.1) is 11.4 Å². The number of benzene rings is 2. The lowest BCUT2D eigenvalue weighted by Gasteiger charge is -2.11. The van der Waals surface area contributed by atoms with Crippen molar-refractivity contribution in [2.24, 2.45) is 0 Å². The summed E-state index contributed by atoms with van der Waals surface area (Å²) in [5.41, 5.74) is 8.49. The van der Waals surface area contributed by atoms with Crippen LogP contribution in [0.25, 0.3) is 0 Å². The Morgan fingerprint density at radius 2 is 2.00 bits per heavy atom. The molecule has 0 radical (unpaired) electrons. The molecule has 19 heavy (non-hydrogen) atoms. The molecule has 3 N–H and O–H groups in total. The molecular formula is C15H15ClN2O. The minimum atomic E-state index is -0.175. The van der Waals surface area contributed by atoms with E-state index in [-0.39, 0.29) is 5.91 Å². The maximum Gasteiger partial charge on any atom is 0.255 e. The second-order valence-electron chi connectivity index (χ2n) is 4.20. The van der Waals surface area contributed by atoms with Crippen LogP contribution < -0.4 is 11.1 Å². The molecule has 0 saturated heterocycles. The highest BCUT2D eigenvalue weighted by atomic mass is 35.5. The largest absolute Gasteiger partial charge is 0.397 e. The molecule has 4 heteroatoms. The Balaban J connectivity index is 2.28. The molecule has 0 saturated carbocycles. The summed E-state index contributed by atoms with van der Waals surface area (Å²) in [6, 6.07) is 12.5. The number of nitrogens with two attached hydrogens (primary N) is 1. The van der Waals surface area contributed by atoms with Crippen molar-refractivity contribution in [3.05, 3.63) is 58.6 Å². The van der Waals surface area contributed by atoms with Gasteiger partial charge < -0.3 is 11.1 Å². The van der Waals surface area contributed by atoms with Gasteiger partial charge >= 0.3 is 0 Å². The fourth-order valence-corrected chi connectivity index (χ4v) is 2.05. The Morgan fingerprint density at radius 1 is 1.26 bits per heavy atom. The lowest BCUT2D eigenvalue weighted by Crippen LogP contribution is -2.15. The number of nitrogen functional groups attached to an aromatic ring is 1. The molecule has 2 aromatic carbocycles. The molecule has 0 fully saturated rings. The lowest BCUT2D eigenvalue weighted by atomic mass is 10.0. The van der Waals surface area contributed by atoms with Crippen molar-refractivity contribution in [3.8, 4) is 0 Å². The van der Waals surface area contributed by atoms with Gasteiger partial charge in [-0.2, -0.15) is 0 Å². The number of halogens is 1. The van der Waals surface area contributed by atoms with Gasteiger partial charge in [-0.1, -0.05) is 36.7 Å². The Bertz CT molecular complexity index is 611. The first-order chi connectivity index (χ1) is 9.11. The summed E-state index contributed by atoms with van der Waals surface area (Å²) >= 11 is 5.90. The lowest BCUT2D eigenvalue weighted by molar-refractivity contribution is 0.102. The zero-order valence-electron chi connectivity index (χ0n) is 10.6. The van der Waals surface area contributed by atoms with Crippen LogP contribution in [0.4, 0.5) is 11.4 Å². The van der Waals surface area contributed by atoms with Gasteiger partial charge in [0, 0.05) is 10.6 Å². The molecule has 0 bridgehead atoms. The normalized spacial score (nSPS) is 10.2. The van der Waals surface area contributed by atoms with Crippen molar-refractivity contribution in [2.45, 2.75) is 13.3 Å². The van der Waals surface area contributed by atoms with E-state index in [1.807, 2.05) is 25.1 Å². The summed E-state index contributed by atoms with van der Waals surface area (Å²) in [6.45, 7) is 2.01. The van der Waals surface area contributed by atoms with Crippen LogP contribution in [0.2, 0.25) is 5.02 Å². The number of nitrogens with one attached hydrogen (secondary N) is 1. The van der Waals surface area contributed by atoms with Crippen LogP contribution in [0.5, 0.6) is 0 Å². The summed E-state index contributed by atoms with van der Waals surface area (Å²) < 4.78 is 0. The summed E-state index contributed by atoms with van der Waals surface area (Å²) in [4.78, 5) is 12.2. The van der Waals surface area contributed by atoms with E-state index in [2.05, 4.69) is 5.32 Å². The second kappa shape index (κ2) is 5.76. The third-order valence-corrected chi connectivity index (χ3v) is 3.14. The van der Waals surface area contributed by atoms with Crippen LogP contribution in [0.15, 0.2) is 42.5 Å². The average molecular weight is 275 g/mol. The topological polar surface area (TPSA) is 55.1 Å². The zero-order chi connectivity index (χ0) is 13.8. The number of rotatable bonds is 3. The second-order valence-corrected chi connectivity index (χ2v) is 4.63. The third kappa shape index (κ3) is 3.06. The molecule has 0 unspecified atom stereocenters. The van der Waals surface area contributed by atoms with Gasteiger partial charge in [-0.05, 0) is 36.2 Å². The molecule has 0 atom stereocenters. The zero-order valence-corrected chi connectivity index (χ0v) is 11.4. The third-order valence-electron chi connectivity index (χ3n) is 2.91. The van der Waals surface area contributed by atoms with E-state index >= 15 is 0 Å². The number of hydrogen-bond acceptors (Lipinski definition) is 2. The molecule has 2 rings (SSSR count). The highest BCUT2D eigenvalue weighted by Gasteiger charge is 2.11. The number of amides is 1. The predicted molar refractivity (Wildman–Crippen MR) is 79.6 cm³/mol. The molecule has 3 nitrogen and oxygen atoms in total. The van der Waals surface area contributed by atoms with Crippen LogP contribution in [-0.4, -0.2) is 5.91 Å². The van der Waals surface area contributed by atoms with E-state index in [0.29, 0.717) is 22.0 Å². The van der Waals surface area contributed by atoms with E-state index in [9.17, 15) is 4.79 Å². The smallest absolute Gasteiger partial charge is 0.255 e. The van der Waals surface area contributed by atoms with Gasteiger partial charge in [0.1, 0.15) is 0 Å². The van der Waals surface area contributed by atoms with Gasteiger partial charge in [-0.15, -0.1) is 0 Å².